The van der Waals surface area contributed by atoms with Crippen molar-refractivity contribution < 1.29 is 9.53 Å². The molecule has 0 bridgehead atoms. The summed E-state index contributed by atoms with van der Waals surface area (Å²) in [5.41, 5.74) is 8.41. The molecular formula is C14H20N2O2. The van der Waals surface area contributed by atoms with Gasteiger partial charge in [0.15, 0.2) is 0 Å². The molecule has 1 aliphatic carbocycles. The van der Waals surface area contributed by atoms with Gasteiger partial charge in [-0.05, 0) is 30.0 Å². The fourth-order valence-electron chi connectivity index (χ4n) is 2.26. The molecule has 1 aliphatic rings. The normalized spacial score (nSPS) is 17.4. The van der Waals surface area contributed by atoms with Crippen LogP contribution in [0.2, 0.25) is 0 Å². The second kappa shape index (κ2) is 5.40. The van der Waals surface area contributed by atoms with Gasteiger partial charge in [0.25, 0.3) is 0 Å². The van der Waals surface area contributed by atoms with Gasteiger partial charge in [0.05, 0.1) is 13.0 Å². The van der Waals surface area contributed by atoms with E-state index in [2.05, 4.69) is 6.07 Å². The number of nitrogens with zero attached hydrogens (tertiary/aromatic N) is 1. The number of carbonyl (C=O) groups excluding carboxylic acids is 1. The molecule has 0 heterocycles. The maximum atomic E-state index is 11.4. The quantitative estimate of drug-likeness (QED) is 0.878. The number of hydrogen-bond donors (Lipinski definition) is 1. The average Bonchev–Trinajstić information content (AvgIpc) is 2.72. The van der Waals surface area contributed by atoms with E-state index in [1.54, 1.807) is 19.0 Å². The van der Waals surface area contributed by atoms with E-state index in [4.69, 9.17) is 10.5 Å². The Bertz CT molecular complexity index is 443. The van der Waals surface area contributed by atoms with Crippen LogP contribution in [0.1, 0.15) is 30.0 Å². The minimum atomic E-state index is 0.0827. The highest BCUT2D eigenvalue weighted by Gasteiger charge is 2.22. The van der Waals surface area contributed by atoms with Gasteiger partial charge in [-0.15, -0.1) is 0 Å². The largest absolute Gasteiger partial charge is 0.493 e. The van der Waals surface area contributed by atoms with E-state index in [0.29, 0.717) is 13.0 Å². The predicted molar refractivity (Wildman–Crippen MR) is 70.5 cm³/mol. The summed E-state index contributed by atoms with van der Waals surface area (Å²) in [6.07, 6.45) is 2.35. The van der Waals surface area contributed by atoms with Crippen LogP contribution in [-0.2, 0) is 11.2 Å². The zero-order chi connectivity index (χ0) is 13.1. The molecule has 98 valence electrons. The Morgan fingerprint density at radius 2 is 2.28 bits per heavy atom. The maximum absolute atomic E-state index is 11.4. The van der Waals surface area contributed by atoms with E-state index in [1.807, 2.05) is 12.1 Å². The van der Waals surface area contributed by atoms with Gasteiger partial charge in [0.2, 0.25) is 5.91 Å². The van der Waals surface area contributed by atoms with Crippen LogP contribution >= 0.6 is 0 Å². The van der Waals surface area contributed by atoms with Crippen LogP contribution in [0.15, 0.2) is 18.2 Å². The lowest BCUT2D eigenvalue weighted by Crippen LogP contribution is -2.23. The number of hydrogen-bond acceptors (Lipinski definition) is 3. The molecule has 0 aromatic heterocycles. The summed E-state index contributed by atoms with van der Waals surface area (Å²) in [5, 5.41) is 0. The molecule has 1 aromatic rings. The highest BCUT2D eigenvalue weighted by Crippen LogP contribution is 2.35. The van der Waals surface area contributed by atoms with Crippen LogP contribution in [-0.4, -0.2) is 31.5 Å². The first kappa shape index (κ1) is 12.9. The second-order valence-corrected chi connectivity index (χ2v) is 4.86. The first-order valence-corrected chi connectivity index (χ1v) is 6.30. The van der Waals surface area contributed by atoms with Crippen LogP contribution in [0, 0.1) is 0 Å². The highest BCUT2D eigenvalue weighted by atomic mass is 16.5. The standard InChI is InChI=1S/C14H20N2O2/c1-16(2)14(17)8-9-18-13-5-3-4-10-11(13)6-7-12(10)15/h3-5,12H,6-9,15H2,1-2H3. The number of benzene rings is 1. The van der Waals surface area contributed by atoms with Gasteiger partial charge in [0, 0.05) is 20.1 Å². The van der Waals surface area contributed by atoms with E-state index in [1.165, 1.54) is 11.1 Å². The number of fused-ring (bicyclic) bond motifs is 1. The van der Waals surface area contributed by atoms with E-state index in [-0.39, 0.29) is 11.9 Å². The molecule has 2 rings (SSSR count). The number of amides is 1. The molecule has 1 atom stereocenters. The first-order chi connectivity index (χ1) is 8.59. The van der Waals surface area contributed by atoms with Crippen LogP contribution in [0.3, 0.4) is 0 Å². The molecule has 0 saturated carbocycles. The molecule has 0 saturated heterocycles. The number of carbonyl (C=O) groups is 1. The summed E-state index contributed by atoms with van der Waals surface area (Å²) >= 11 is 0. The monoisotopic (exact) mass is 248 g/mol. The minimum Gasteiger partial charge on any atom is -0.493 e. The summed E-state index contributed by atoms with van der Waals surface area (Å²) in [6, 6.07) is 6.11. The molecule has 0 radical (unpaired) electrons. The Morgan fingerprint density at radius 1 is 1.50 bits per heavy atom. The van der Waals surface area contributed by atoms with Crippen molar-refractivity contribution in [2.45, 2.75) is 25.3 Å². The van der Waals surface area contributed by atoms with Crippen molar-refractivity contribution in [3.63, 3.8) is 0 Å². The molecule has 4 nitrogen and oxygen atoms in total. The summed E-state index contributed by atoms with van der Waals surface area (Å²) < 4.78 is 5.71. The van der Waals surface area contributed by atoms with Crippen LogP contribution in [0.25, 0.3) is 0 Å². The third kappa shape index (κ3) is 2.64. The van der Waals surface area contributed by atoms with Crippen LogP contribution < -0.4 is 10.5 Å². The molecule has 4 heteroatoms. The lowest BCUT2D eigenvalue weighted by molar-refractivity contribution is -0.129. The Labute approximate surface area is 108 Å². The Balaban J connectivity index is 1.97. The first-order valence-electron chi connectivity index (χ1n) is 6.30. The van der Waals surface area contributed by atoms with Gasteiger partial charge < -0.3 is 15.4 Å². The van der Waals surface area contributed by atoms with Gasteiger partial charge in [0.1, 0.15) is 5.75 Å². The summed E-state index contributed by atoms with van der Waals surface area (Å²) in [4.78, 5) is 13.0. The zero-order valence-electron chi connectivity index (χ0n) is 11.0. The Morgan fingerprint density at radius 3 is 3.00 bits per heavy atom. The van der Waals surface area contributed by atoms with Crippen molar-refractivity contribution in [2.24, 2.45) is 5.73 Å². The third-order valence-corrected chi connectivity index (χ3v) is 3.35. The number of nitrogens with two attached hydrogens (primary N) is 1. The summed E-state index contributed by atoms with van der Waals surface area (Å²) in [5.74, 6) is 0.964. The minimum absolute atomic E-state index is 0.0827. The summed E-state index contributed by atoms with van der Waals surface area (Å²) in [6.45, 7) is 0.419. The second-order valence-electron chi connectivity index (χ2n) is 4.86. The van der Waals surface area contributed by atoms with Crippen molar-refractivity contribution in [3.8, 4) is 5.75 Å². The Kier molecular flexibility index (Phi) is 3.87. The molecule has 1 amide bonds. The van der Waals surface area contributed by atoms with E-state index < -0.39 is 0 Å². The third-order valence-electron chi connectivity index (χ3n) is 3.35. The fourth-order valence-corrected chi connectivity index (χ4v) is 2.26. The van der Waals surface area contributed by atoms with Crippen molar-refractivity contribution in [2.75, 3.05) is 20.7 Å². The van der Waals surface area contributed by atoms with E-state index >= 15 is 0 Å². The lowest BCUT2D eigenvalue weighted by Gasteiger charge is -2.13. The smallest absolute Gasteiger partial charge is 0.225 e. The zero-order valence-corrected chi connectivity index (χ0v) is 11.0. The molecule has 0 spiro atoms. The molecule has 18 heavy (non-hydrogen) atoms. The molecular weight excluding hydrogens is 228 g/mol. The number of ether oxygens (including phenoxy) is 1. The SMILES string of the molecule is CN(C)C(=O)CCOc1cccc2c1CCC2N. The van der Waals surface area contributed by atoms with Crippen molar-refractivity contribution >= 4 is 5.91 Å². The molecule has 0 fully saturated rings. The molecule has 2 N–H and O–H groups in total. The fraction of sp³-hybridized carbons (Fsp3) is 0.500. The van der Waals surface area contributed by atoms with Crippen molar-refractivity contribution in [3.05, 3.63) is 29.3 Å². The van der Waals surface area contributed by atoms with E-state index in [0.717, 1.165) is 18.6 Å². The van der Waals surface area contributed by atoms with Crippen LogP contribution in [0.5, 0.6) is 5.75 Å². The topological polar surface area (TPSA) is 55.6 Å². The molecule has 1 unspecified atom stereocenters. The van der Waals surface area contributed by atoms with Gasteiger partial charge in [-0.3, -0.25) is 4.79 Å². The predicted octanol–water partition coefficient (Wildman–Crippen LogP) is 1.49. The van der Waals surface area contributed by atoms with Gasteiger partial charge >= 0.3 is 0 Å². The Hall–Kier alpha value is -1.55. The van der Waals surface area contributed by atoms with Gasteiger partial charge in [-0.2, -0.15) is 0 Å². The van der Waals surface area contributed by atoms with Gasteiger partial charge in [-0.1, -0.05) is 12.1 Å². The van der Waals surface area contributed by atoms with E-state index in [9.17, 15) is 4.79 Å². The molecule has 0 aliphatic heterocycles. The lowest BCUT2D eigenvalue weighted by atomic mass is 10.1. The highest BCUT2D eigenvalue weighted by molar-refractivity contribution is 5.75. The van der Waals surface area contributed by atoms with Crippen LogP contribution in [0.4, 0.5) is 0 Å². The van der Waals surface area contributed by atoms with Gasteiger partial charge in [-0.25, -0.2) is 0 Å². The summed E-state index contributed by atoms with van der Waals surface area (Å²) in [7, 11) is 3.50. The molecule has 1 aromatic carbocycles. The van der Waals surface area contributed by atoms with Crippen molar-refractivity contribution in [1.29, 1.82) is 0 Å². The number of rotatable bonds is 4. The maximum Gasteiger partial charge on any atom is 0.225 e. The van der Waals surface area contributed by atoms with Crippen molar-refractivity contribution in [1.82, 2.24) is 4.90 Å². The average molecular weight is 248 g/mol.